The molecule has 0 bridgehead atoms. The van der Waals surface area contributed by atoms with Crippen molar-refractivity contribution in [3.63, 3.8) is 0 Å². The summed E-state index contributed by atoms with van der Waals surface area (Å²) in [6.07, 6.45) is 1.76. The van der Waals surface area contributed by atoms with Crippen molar-refractivity contribution in [3.8, 4) is 0 Å². The van der Waals surface area contributed by atoms with Crippen LogP contribution in [0.25, 0.3) is 0 Å². The Kier molecular flexibility index (Phi) is 4.45. The van der Waals surface area contributed by atoms with Crippen molar-refractivity contribution in [2.24, 2.45) is 5.73 Å². The number of aromatic nitrogens is 1. The van der Waals surface area contributed by atoms with Crippen LogP contribution in [-0.4, -0.2) is 4.98 Å². The number of nitrogens with zero attached hydrogens (tertiary/aromatic N) is 1. The van der Waals surface area contributed by atoms with Gasteiger partial charge in [-0.3, -0.25) is 0 Å². The first-order valence-electron chi connectivity index (χ1n) is 4.98. The average Bonchev–Trinajstić information content (AvgIpc) is 2.34. The standard InChI is InChI=1S/C12H10BrClN2S/c13-9-4-2-6-16-12(9)17-11-8(7-15)3-1-5-10(11)14/h1-6H,7,15H2. The lowest BCUT2D eigenvalue weighted by Crippen LogP contribution is -1.98. The fraction of sp³-hybridized carbons (Fsp3) is 0.0833. The van der Waals surface area contributed by atoms with Crippen LogP contribution in [0.3, 0.4) is 0 Å². The molecule has 0 fully saturated rings. The summed E-state index contributed by atoms with van der Waals surface area (Å²) >= 11 is 11.2. The number of nitrogens with two attached hydrogens (primary N) is 1. The highest BCUT2D eigenvalue weighted by Gasteiger charge is 2.10. The van der Waals surface area contributed by atoms with E-state index in [4.69, 9.17) is 17.3 Å². The molecular weight excluding hydrogens is 320 g/mol. The maximum Gasteiger partial charge on any atom is 0.115 e. The van der Waals surface area contributed by atoms with E-state index >= 15 is 0 Å². The topological polar surface area (TPSA) is 38.9 Å². The van der Waals surface area contributed by atoms with E-state index in [2.05, 4.69) is 20.9 Å². The number of rotatable bonds is 3. The molecule has 2 N–H and O–H groups in total. The molecule has 0 aliphatic rings. The molecule has 0 aliphatic carbocycles. The van der Waals surface area contributed by atoms with Crippen LogP contribution in [-0.2, 0) is 6.54 Å². The minimum absolute atomic E-state index is 0.466. The summed E-state index contributed by atoms with van der Waals surface area (Å²) in [5.74, 6) is 0. The summed E-state index contributed by atoms with van der Waals surface area (Å²) in [4.78, 5) is 5.28. The quantitative estimate of drug-likeness (QED) is 0.921. The van der Waals surface area contributed by atoms with Gasteiger partial charge in [0.25, 0.3) is 0 Å². The van der Waals surface area contributed by atoms with E-state index in [1.807, 2.05) is 30.3 Å². The van der Waals surface area contributed by atoms with Gasteiger partial charge in [0.2, 0.25) is 0 Å². The lowest BCUT2D eigenvalue weighted by molar-refractivity contribution is 1.02. The van der Waals surface area contributed by atoms with Crippen LogP contribution < -0.4 is 5.73 Å². The zero-order valence-electron chi connectivity index (χ0n) is 8.86. The van der Waals surface area contributed by atoms with Gasteiger partial charge in [-0.25, -0.2) is 4.98 Å². The lowest BCUT2D eigenvalue weighted by Gasteiger charge is -2.09. The average molecular weight is 330 g/mol. The molecule has 0 saturated heterocycles. The van der Waals surface area contributed by atoms with Gasteiger partial charge in [0.15, 0.2) is 0 Å². The molecule has 2 rings (SSSR count). The van der Waals surface area contributed by atoms with Gasteiger partial charge in [-0.1, -0.05) is 35.5 Å². The van der Waals surface area contributed by atoms with Crippen LogP contribution in [0, 0.1) is 0 Å². The molecule has 0 atom stereocenters. The van der Waals surface area contributed by atoms with Crippen molar-refractivity contribution in [2.75, 3.05) is 0 Å². The Labute approximate surface area is 118 Å². The third-order valence-corrected chi connectivity index (χ3v) is 4.73. The summed E-state index contributed by atoms with van der Waals surface area (Å²) in [5.41, 5.74) is 6.73. The van der Waals surface area contributed by atoms with Crippen molar-refractivity contribution in [1.82, 2.24) is 4.98 Å². The summed E-state index contributed by atoms with van der Waals surface area (Å²) in [7, 11) is 0. The second-order valence-corrected chi connectivity index (χ2v) is 5.59. The van der Waals surface area contributed by atoms with Gasteiger partial charge in [-0.2, -0.15) is 0 Å². The van der Waals surface area contributed by atoms with Crippen LogP contribution >= 0.6 is 39.3 Å². The number of hydrogen-bond acceptors (Lipinski definition) is 3. The second-order valence-electron chi connectivity index (χ2n) is 3.32. The highest BCUT2D eigenvalue weighted by molar-refractivity contribution is 9.10. The minimum atomic E-state index is 0.466. The van der Waals surface area contributed by atoms with Crippen LogP contribution in [0.1, 0.15) is 5.56 Å². The van der Waals surface area contributed by atoms with Gasteiger partial charge in [0.1, 0.15) is 5.03 Å². The molecular formula is C12H10BrClN2S. The molecule has 2 aromatic rings. The molecule has 88 valence electrons. The Balaban J connectivity index is 2.39. The largest absolute Gasteiger partial charge is 0.326 e. The highest BCUT2D eigenvalue weighted by atomic mass is 79.9. The van der Waals surface area contributed by atoms with Crippen molar-refractivity contribution < 1.29 is 0 Å². The smallest absolute Gasteiger partial charge is 0.115 e. The summed E-state index contributed by atoms with van der Waals surface area (Å²) in [6.45, 7) is 0.466. The van der Waals surface area contributed by atoms with Gasteiger partial charge in [-0.15, -0.1) is 0 Å². The monoisotopic (exact) mass is 328 g/mol. The van der Waals surface area contributed by atoms with E-state index in [-0.39, 0.29) is 0 Å². The van der Waals surface area contributed by atoms with E-state index in [0.29, 0.717) is 11.6 Å². The van der Waals surface area contributed by atoms with E-state index in [0.717, 1.165) is 20.0 Å². The van der Waals surface area contributed by atoms with Gasteiger partial charge in [0, 0.05) is 17.6 Å². The molecule has 0 amide bonds. The maximum atomic E-state index is 6.19. The fourth-order valence-electron chi connectivity index (χ4n) is 1.37. The van der Waals surface area contributed by atoms with Crippen molar-refractivity contribution in [3.05, 3.63) is 51.6 Å². The molecule has 1 aromatic heterocycles. The summed E-state index contributed by atoms with van der Waals surface area (Å²) < 4.78 is 0.952. The lowest BCUT2D eigenvalue weighted by atomic mass is 10.2. The van der Waals surface area contributed by atoms with Gasteiger partial charge in [-0.05, 0) is 39.7 Å². The Morgan fingerprint density at radius 2 is 2.12 bits per heavy atom. The SMILES string of the molecule is NCc1cccc(Cl)c1Sc1ncccc1Br. The molecule has 17 heavy (non-hydrogen) atoms. The van der Waals surface area contributed by atoms with Gasteiger partial charge < -0.3 is 5.73 Å². The zero-order chi connectivity index (χ0) is 12.3. The van der Waals surface area contributed by atoms with Crippen LogP contribution in [0.15, 0.2) is 50.9 Å². The summed E-state index contributed by atoms with van der Waals surface area (Å²) in [6, 6.07) is 9.58. The third-order valence-electron chi connectivity index (χ3n) is 2.19. The molecule has 0 spiro atoms. The Morgan fingerprint density at radius 1 is 1.29 bits per heavy atom. The normalized spacial score (nSPS) is 10.5. The fourth-order valence-corrected chi connectivity index (χ4v) is 3.10. The minimum Gasteiger partial charge on any atom is -0.326 e. The van der Waals surface area contributed by atoms with Crippen molar-refractivity contribution >= 4 is 39.3 Å². The molecule has 0 aliphatic heterocycles. The highest BCUT2D eigenvalue weighted by Crippen LogP contribution is 2.37. The molecule has 1 heterocycles. The maximum absolute atomic E-state index is 6.19. The Bertz CT molecular complexity index is 534. The first-order chi connectivity index (χ1) is 8.22. The van der Waals surface area contributed by atoms with Gasteiger partial charge in [0.05, 0.1) is 9.50 Å². The van der Waals surface area contributed by atoms with Crippen molar-refractivity contribution in [2.45, 2.75) is 16.5 Å². The molecule has 2 nitrogen and oxygen atoms in total. The zero-order valence-corrected chi connectivity index (χ0v) is 12.0. The number of hydrogen-bond donors (Lipinski definition) is 1. The molecule has 1 aromatic carbocycles. The van der Waals surface area contributed by atoms with Crippen molar-refractivity contribution in [1.29, 1.82) is 0 Å². The van der Waals surface area contributed by atoms with E-state index in [9.17, 15) is 0 Å². The first kappa shape index (κ1) is 12.9. The molecule has 5 heteroatoms. The van der Waals surface area contributed by atoms with Gasteiger partial charge >= 0.3 is 0 Å². The van der Waals surface area contributed by atoms with E-state index in [1.165, 1.54) is 11.8 Å². The number of benzene rings is 1. The number of halogens is 2. The van der Waals surface area contributed by atoms with Crippen LogP contribution in [0.2, 0.25) is 5.02 Å². The predicted octanol–water partition coefficient (Wildman–Crippen LogP) is 4.11. The second kappa shape index (κ2) is 5.87. The van der Waals surface area contributed by atoms with E-state index < -0.39 is 0 Å². The third kappa shape index (κ3) is 3.01. The van der Waals surface area contributed by atoms with Crippen LogP contribution in [0.4, 0.5) is 0 Å². The molecule has 0 saturated carbocycles. The first-order valence-corrected chi connectivity index (χ1v) is 6.97. The summed E-state index contributed by atoms with van der Waals surface area (Å²) in [5, 5.41) is 1.59. The number of pyridine rings is 1. The Hall–Kier alpha value is -0.550. The predicted molar refractivity (Wildman–Crippen MR) is 75.4 cm³/mol. The Morgan fingerprint density at radius 3 is 2.82 bits per heavy atom. The molecule has 0 unspecified atom stereocenters. The van der Waals surface area contributed by atoms with Crippen LogP contribution in [0.5, 0.6) is 0 Å². The molecule has 0 radical (unpaired) electrons. The van der Waals surface area contributed by atoms with E-state index in [1.54, 1.807) is 6.20 Å².